The van der Waals surface area contributed by atoms with E-state index in [1.54, 1.807) is 0 Å². The van der Waals surface area contributed by atoms with E-state index in [1.165, 1.54) is 60.5 Å². The highest BCUT2D eigenvalue weighted by Gasteiger charge is 2.48. The van der Waals surface area contributed by atoms with E-state index in [-0.39, 0.29) is 5.41 Å². The van der Waals surface area contributed by atoms with Crippen LogP contribution in [0.4, 0.5) is 0 Å². The van der Waals surface area contributed by atoms with Gasteiger partial charge in [0.05, 0.1) is 17.7 Å². The van der Waals surface area contributed by atoms with Gasteiger partial charge >= 0.3 is 0 Å². The van der Waals surface area contributed by atoms with Crippen LogP contribution >= 0.6 is 11.3 Å². The molecule has 25 heavy (non-hydrogen) atoms. The largest absolute Gasteiger partial charge is 0.342 e. The summed E-state index contributed by atoms with van der Waals surface area (Å²) in [5.74, 6) is 1.27. The van der Waals surface area contributed by atoms with Gasteiger partial charge in [0.15, 0.2) is 0 Å². The summed E-state index contributed by atoms with van der Waals surface area (Å²) in [6.45, 7) is 5.00. The molecule has 1 spiro atoms. The van der Waals surface area contributed by atoms with Gasteiger partial charge in [-0.25, -0.2) is 4.98 Å². The van der Waals surface area contributed by atoms with Crippen LogP contribution in [0.1, 0.15) is 60.5 Å². The third-order valence-corrected chi connectivity index (χ3v) is 7.82. The second-order valence-electron chi connectivity index (χ2n) is 8.72. The van der Waals surface area contributed by atoms with Gasteiger partial charge in [-0.05, 0) is 70.3 Å². The molecule has 2 aliphatic heterocycles. The zero-order valence-corrected chi connectivity index (χ0v) is 16.0. The molecule has 5 rings (SSSR count). The Morgan fingerprint density at radius 2 is 2.00 bits per heavy atom. The van der Waals surface area contributed by atoms with E-state index < -0.39 is 0 Å². The molecule has 5 heteroatoms. The molecule has 2 saturated heterocycles. The molecule has 0 aromatic carbocycles. The summed E-state index contributed by atoms with van der Waals surface area (Å²) in [7, 11) is 0. The molecule has 4 nitrogen and oxygen atoms in total. The van der Waals surface area contributed by atoms with Crippen molar-refractivity contribution >= 4 is 17.2 Å². The minimum Gasteiger partial charge on any atom is -0.342 e. The van der Waals surface area contributed by atoms with Crippen LogP contribution in [0.2, 0.25) is 0 Å². The van der Waals surface area contributed by atoms with Gasteiger partial charge in [0.2, 0.25) is 5.91 Å². The number of hydrogen-bond donors (Lipinski definition) is 0. The van der Waals surface area contributed by atoms with E-state index in [2.05, 4.69) is 9.80 Å². The molecule has 1 aromatic rings. The van der Waals surface area contributed by atoms with E-state index in [1.807, 2.05) is 11.3 Å². The molecule has 3 fully saturated rings. The Morgan fingerprint density at radius 1 is 1.12 bits per heavy atom. The molecule has 136 valence electrons. The average Bonchev–Trinajstić information content (AvgIpc) is 3.19. The molecular formula is C20H29N3OS. The number of piperidine rings is 1. The molecule has 1 atom stereocenters. The van der Waals surface area contributed by atoms with Crippen molar-refractivity contribution in [1.82, 2.24) is 14.8 Å². The van der Waals surface area contributed by atoms with Gasteiger partial charge in [0, 0.05) is 24.5 Å². The maximum Gasteiger partial charge on any atom is 0.230 e. The van der Waals surface area contributed by atoms with Gasteiger partial charge in [-0.1, -0.05) is 0 Å². The minimum atomic E-state index is -0.0793. The molecule has 4 aliphatic rings. The smallest absolute Gasteiger partial charge is 0.230 e. The van der Waals surface area contributed by atoms with Crippen LogP contribution in [-0.2, 0) is 24.2 Å². The van der Waals surface area contributed by atoms with E-state index in [0.717, 1.165) is 51.5 Å². The first-order chi connectivity index (χ1) is 12.2. The molecule has 1 saturated carbocycles. The minimum absolute atomic E-state index is 0.0793. The number of thiazole rings is 1. The third-order valence-electron chi connectivity index (χ3n) is 6.68. The molecule has 1 amide bonds. The third kappa shape index (κ3) is 3.14. The Morgan fingerprint density at radius 3 is 2.84 bits per heavy atom. The van der Waals surface area contributed by atoms with Gasteiger partial charge in [-0.3, -0.25) is 9.69 Å². The maximum absolute atomic E-state index is 13.2. The van der Waals surface area contributed by atoms with E-state index in [9.17, 15) is 4.79 Å². The molecule has 1 unspecified atom stereocenters. The Labute approximate surface area is 154 Å². The van der Waals surface area contributed by atoms with Crippen LogP contribution in [0, 0.1) is 11.3 Å². The summed E-state index contributed by atoms with van der Waals surface area (Å²) >= 11 is 1.93. The number of rotatable bonds is 4. The predicted molar refractivity (Wildman–Crippen MR) is 99.6 cm³/mol. The molecular weight excluding hydrogens is 330 g/mol. The summed E-state index contributed by atoms with van der Waals surface area (Å²) in [6, 6.07) is 0. The predicted octanol–water partition coefficient (Wildman–Crippen LogP) is 3.25. The number of likely N-dealkylation sites (tertiary alicyclic amines) is 2. The fourth-order valence-electron chi connectivity index (χ4n) is 5.07. The Hall–Kier alpha value is -0.940. The van der Waals surface area contributed by atoms with Crippen molar-refractivity contribution in [2.24, 2.45) is 11.3 Å². The van der Waals surface area contributed by atoms with Gasteiger partial charge in [-0.15, -0.1) is 11.3 Å². The van der Waals surface area contributed by atoms with Crippen LogP contribution in [0.15, 0.2) is 0 Å². The molecule has 3 heterocycles. The number of nitrogens with zero attached hydrogens (tertiary/aromatic N) is 3. The van der Waals surface area contributed by atoms with Crippen molar-refractivity contribution in [2.45, 2.75) is 64.3 Å². The van der Waals surface area contributed by atoms with Crippen LogP contribution < -0.4 is 0 Å². The van der Waals surface area contributed by atoms with Gasteiger partial charge < -0.3 is 4.90 Å². The second-order valence-corrected chi connectivity index (χ2v) is 9.89. The number of aromatic nitrogens is 1. The lowest BCUT2D eigenvalue weighted by Gasteiger charge is -2.39. The number of fused-ring (bicyclic) bond motifs is 1. The highest BCUT2D eigenvalue weighted by Crippen LogP contribution is 2.42. The fourth-order valence-corrected chi connectivity index (χ4v) is 6.27. The molecule has 2 aliphatic carbocycles. The molecule has 0 N–H and O–H groups in total. The first-order valence-electron chi connectivity index (χ1n) is 10.2. The molecule has 0 bridgehead atoms. The van der Waals surface area contributed by atoms with Crippen LogP contribution in [0.25, 0.3) is 0 Å². The summed E-state index contributed by atoms with van der Waals surface area (Å²) in [6.07, 6.45) is 11.0. The van der Waals surface area contributed by atoms with Crippen LogP contribution in [-0.4, -0.2) is 46.9 Å². The SMILES string of the molecule is O=C1N(CC2CC2)CCCC12CCN(Cc1nc3c(s1)CCCC3)C2. The van der Waals surface area contributed by atoms with E-state index in [0.29, 0.717) is 5.91 Å². The average molecular weight is 360 g/mol. The lowest BCUT2D eigenvalue weighted by atomic mass is 9.78. The van der Waals surface area contributed by atoms with E-state index in [4.69, 9.17) is 4.98 Å². The van der Waals surface area contributed by atoms with Crippen molar-refractivity contribution in [2.75, 3.05) is 26.2 Å². The number of amides is 1. The number of carbonyl (C=O) groups excluding carboxylic acids is 1. The van der Waals surface area contributed by atoms with Crippen molar-refractivity contribution in [1.29, 1.82) is 0 Å². The zero-order chi connectivity index (χ0) is 16.9. The summed E-state index contributed by atoms with van der Waals surface area (Å²) in [4.78, 5) is 24.3. The summed E-state index contributed by atoms with van der Waals surface area (Å²) in [5.41, 5.74) is 1.29. The first kappa shape index (κ1) is 16.2. The highest BCUT2D eigenvalue weighted by atomic mass is 32.1. The first-order valence-corrected chi connectivity index (χ1v) is 11.0. The lowest BCUT2D eigenvalue weighted by molar-refractivity contribution is -0.145. The number of aryl methyl sites for hydroxylation is 2. The monoisotopic (exact) mass is 359 g/mol. The topological polar surface area (TPSA) is 36.4 Å². The Balaban J connectivity index is 1.25. The fraction of sp³-hybridized carbons (Fsp3) is 0.800. The Kier molecular flexibility index (Phi) is 4.12. The maximum atomic E-state index is 13.2. The van der Waals surface area contributed by atoms with Gasteiger partial charge in [-0.2, -0.15) is 0 Å². The Bertz CT molecular complexity index is 644. The number of carbonyl (C=O) groups is 1. The summed E-state index contributed by atoms with van der Waals surface area (Å²) in [5, 5.41) is 1.28. The van der Waals surface area contributed by atoms with Crippen LogP contribution in [0.3, 0.4) is 0 Å². The second kappa shape index (κ2) is 6.34. The normalized spacial score (nSPS) is 30.2. The quantitative estimate of drug-likeness (QED) is 0.828. The molecule has 1 aromatic heterocycles. The van der Waals surface area contributed by atoms with Crippen LogP contribution in [0.5, 0.6) is 0 Å². The van der Waals surface area contributed by atoms with Crippen molar-refractivity contribution in [3.05, 3.63) is 15.6 Å². The number of hydrogen-bond acceptors (Lipinski definition) is 4. The molecule has 0 radical (unpaired) electrons. The van der Waals surface area contributed by atoms with E-state index >= 15 is 0 Å². The van der Waals surface area contributed by atoms with Crippen molar-refractivity contribution in [3.8, 4) is 0 Å². The lowest BCUT2D eigenvalue weighted by Crippen LogP contribution is -2.50. The highest BCUT2D eigenvalue weighted by molar-refractivity contribution is 7.11. The van der Waals surface area contributed by atoms with Crippen molar-refractivity contribution in [3.63, 3.8) is 0 Å². The zero-order valence-electron chi connectivity index (χ0n) is 15.1. The standard InChI is InChI=1S/C20H29N3OS/c24-19-20(8-3-10-23(19)12-15-6-7-15)9-11-22(14-20)13-18-21-16-4-1-2-5-17(16)25-18/h15H,1-14H2. The van der Waals surface area contributed by atoms with Crippen molar-refractivity contribution < 1.29 is 4.79 Å². The van der Waals surface area contributed by atoms with Gasteiger partial charge in [0.1, 0.15) is 5.01 Å². The van der Waals surface area contributed by atoms with Gasteiger partial charge in [0.25, 0.3) is 0 Å². The summed E-state index contributed by atoms with van der Waals surface area (Å²) < 4.78 is 0.